The van der Waals surface area contributed by atoms with E-state index in [0.29, 0.717) is 0 Å². The molecule has 1 heterocycles. The van der Waals surface area contributed by atoms with Gasteiger partial charge in [-0.25, -0.2) is 8.78 Å². The quantitative estimate of drug-likeness (QED) is 0.686. The number of hydrogen-bond donors (Lipinski definition) is 0. The second kappa shape index (κ2) is 4.80. The molecule has 0 unspecified atom stereocenters. The standard InChI is InChI=1S/C8H12F2OS/c9-8(10)7(11)5-6-1-3-12-4-2-6/h6,8H,1-5H2. The van der Waals surface area contributed by atoms with Crippen molar-refractivity contribution < 1.29 is 13.6 Å². The highest BCUT2D eigenvalue weighted by Crippen LogP contribution is 2.26. The first kappa shape index (κ1) is 9.96. The molecule has 1 nitrogen and oxygen atoms in total. The summed E-state index contributed by atoms with van der Waals surface area (Å²) < 4.78 is 23.7. The Morgan fingerprint density at radius 3 is 2.50 bits per heavy atom. The molecule has 1 saturated heterocycles. The summed E-state index contributed by atoms with van der Waals surface area (Å²) in [5.41, 5.74) is 0. The predicted molar refractivity (Wildman–Crippen MR) is 45.7 cm³/mol. The second-order valence-electron chi connectivity index (χ2n) is 3.03. The normalized spacial score (nSPS) is 19.9. The highest BCUT2D eigenvalue weighted by molar-refractivity contribution is 7.99. The molecule has 4 heteroatoms. The van der Waals surface area contributed by atoms with E-state index in [1.165, 1.54) is 0 Å². The average molecular weight is 194 g/mol. The third-order valence-corrected chi connectivity index (χ3v) is 3.12. The zero-order valence-corrected chi connectivity index (χ0v) is 7.58. The van der Waals surface area contributed by atoms with Crippen LogP contribution in [0.25, 0.3) is 0 Å². The van der Waals surface area contributed by atoms with Crippen LogP contribution in [0.4, 0.5) is 8.78 Å². The minimum atomic E-state index is -2.76. The summed E-state index contributed by atoms with van der Waals surface area (Å²) >= 11 is 1.84. The van der Waals surface area contributed by atoms with E-state index >= 15 is 0 Å². The molecule has 0 aliphatic carbocycles. The molecule has 0 atom stereocenters. The van der Waals surface area contributed by atoms with Crippen LogP contribution in [0.2, 0.25) is 0 Å². The van der Waals surface area contributed by atoms with Crippen molar-refractivity contribution in [1.82, 2.24) is 0 Å². The van der Waals surface area contributed by atoms with Gasteiger partial charge in [0, 0.05) is 6.42 Å². The van der Waals surface area contributed by atoms with Crippen molar-refractivity contribution in [2.45, 2.75) is 25.7 Å². The Morgan fingerprint density at radius 2 is 2.00 bits per heavy atom. The third-order valence-electron chi connectivity index (χ3n) is 2.07. The van der Waals surface area contributed by atoms with Crippen LogP contribution in [0.5, 0.6) is 0 Å². The fourth-order valence-electron chi connectivity index (χ4n) is 1.32. The molecular formula is C8H12F2OS. The summed E-state index contributed by atoms with van der Waals surface area (Å²) in [5, 5.41) is 0. The summed E-state index contributed by atoms with van der Waals surface area (Å²) in [7, 11) is 0. The van der Waals surface area contributed by atoms with Crippen LogP contribution in [0, 0.1) is 5.92 Å². The van der Waals surface area contributed by atoms with E-state index in [0.717, 1.165) is 24.3 Å². The van der Waals surface area contributed by atoms with Gasteiger partial charge in [-0.15, -0.1) is 0 Å². The minimum absolute atomic E-state index is 0.0816. The lowest BCUT2D eigenvalue weighted by Gasteiger charge is -2.19. The van der Waals surface area contributed by atoms with Crippen LogP contribution in [0.1, 0.15) is 19.3 Å². The summed E-state index contributed by atoms with van der Waals surface area (Å²) in [4.78, 5) is 10.7. The first-order valence-corrected chi connectivity index (χ1v) is 5.24. The molecule has 0 aromatic heterocycles. The highest BCUT2D eigenvalue weighted by Gasteiger charge is 2.22. The largest absolute Gasteiger partial charge is 0.295 e. The first-order chi connectivity index (χ1) is 5.70. The fourth-order valence-corrected chi connectivity index (χ4v) is 2.53. The number of ketones is 1. The number of alkyl halides is 2. The molecule has 70 valence electrons. The van der Waals surface area contributed by atoms with Crippen LogP contribution >= 0.6 is 11.8 Å². The molecule has 1 aliphatic rings. The highest BCUT2D eigenvalue weighted by atomic mass is 32.2. The molecule has 0 aromatic rings. The lowest BCUT2D eigenvalue weighted by Crippen LogP contribution is -2.18. The van der Waals surface area contributed by atoms with Crippen molar-refractivity contribution in [3.63, 3.8) is 0 Å². The predicted octanol–water partition coefficient (Wildman–Crippen LogP) is 2.35. The number of Topliss-reactive ketones (excluding diaryl/α,β-unsaturated/α-hetero) is 1. The van der Waals surface area contributed by atoms with Gasteiger partial charge in [0.25, 0.3) is 6.43 Å². The Bertz CT molecular complexity index is 155. The molecule has 1 fully saturated rings. The minimum Gasteiger partial charge on any atom is -0.293 e. The Balaban J connectivity index is 2.24. The van der Waals surface area contributed by atoms with Gasteiger partial charge in [-0.1, -0.05) is 0 Å². The fraction of sp³-hybridized carbons (Fsp3) is 0.875. The lowest BCUT2D eigenvalue weighted by molar-refractivity contribution is -0.130. The van der Waals surface area contributed by atoms with E-state index in [1.807, 2.05) is 11.8 Å². The van der Waals surface area contributed by atoms with Crippen molar-refractivity contribution in [3.8, 4) is 0 Å². The molecule has 0 amide bonds. The topological polar surface area (TPSA) is 17.1 Å². The summed E-state index contributed by atoms with van der Waals surface area (Å²) in [6.07, 6.45) is -0.843. The Kier molecular flexibility index (Phi) is 3.98. The first-order valence-electron chi connectivity index (χ1n) is 4.08. The van der Waals surface area contributed by atoms with E-state index < -0.39 is 12.2 Å². The van der Waals surface area contributed by atoms with E-state index in [1.54, 1.807) is 0 Å². The van der Waals surface area contributed by atoms with Crippen molar-refractivity contribution in [2.75, 3.05) is 11.5 Å². The molecule has 0 N–H and O–H groups in total. The molecule has 1 aliphatic heterocycles. The molecule has 0 aromatic carbocycles. The van der Waals surface area contributed by atoms with Gasteiger partial charge >= 0.3 is 0 Å². The van der Waals surface area contributed by atoms with Crippen LogP contribution in [-0.2, 0) is 4.79 Å². The van der Waals surface area contributed by atoms with Gasteiger partial charge in [0.1, 0.15) is 0 Å². The molecule has 12 heavy (non-hydrogen) atoms. The maximum atomic E-state index is 11.8. The zero-order chi connectivity index (χ0) is 8.97. The molecule has 1 rings (SSSR count). The molecule has 0 bridgehead atoms. The van der Waals surface area contributed by atoms with E-state index in [2.05, 4.69) is 0 Å². The number of thioether (sulfide) groups is 1. The van der Waals surface area contributed by atoms with Gasteiger partial charge in [-0.05, 0) is 30.3 Å². The molecule has 0 saturated carbocycles. The Labute approximate surface area is 74.9 Å². The number of carbonyl (C=O) groups is 1. The number of rotatable bonds is 3. The van der Waals surface area contributed by atoms with E-state index in [4.69, 9.17) is 0 Å². The lowest BCUT2D eigenvalue weighted by atomic mass is 9.96. The summed E-state index contributed by atoms with van der Waals surface area (Å²) in [6.45, 7) is 0. The maximum Gasteiger partial charge on any atom is 0.295 e. The summed E-state index contributed by atoms with van der Waals surface area (Å²) in [6, 6.07) is 0. The second-order valence-corrected chi connectivity index (χ2v) is 4.25. The van der Waals surface area contributed by atoms with Gasteiger partial charge in [0.15, 0.2) is 5.78 Å². The summed E-state index contributed by atoms with van der Waals surface area (Å²) in [5.74, 6) is 1.36. The zero-order valence-electron chi connectivity index (χ0n) is 6.76. The number of carbonyl (C=O) groups excluding carboxylic acids is 1. The van der Waals surface area contributed by atoms with E-state index in [-0.39, 0.29) is 12.3 Å². The van der Waals surface area contributed by atoms with Crippen LogP contribution < -0.4 is 0 Å². The van der Waals surface area contributed by atoms with E-state index in [9.17, 15) is 13.6 Å². The number of hydrogen-bond acceptors (Lipinski definition) is 2. The smallest absolute Gasteiger partial charge is 0.293 e. The third kappa shape index (κ3) is 3.09. The monoisotopic (exact) mass is 194 g/mol. The van der Waals surface area contributed by atoms with Crippen molar-refractivity contribution in [1.29, 1.82) is 0 Å². The Hall–Kier alpha value is -0.120. The van der Waals surface area contributed by atoms with Gasteiger partial charge in [0.05, 0.1) is 0 Å². The van der Waals surface area contributed by atoms with Gasteiger partial charge in [-0.2, -0.15) is 11.8 Å². The van der Waals surface area contributed by atoms with Crippen LogP contribution in [-0.4, -0.2) is 23.7 Å². The average Bonchev–Trinajstić information content (AvgIpc) is 2.06. The molecular weight excluding hydrogens is 182 g/mol. The van der Waals surface area contributed by atoms with Gasteiger partial charge in [0.2, 0.25) is 0 Å². The van der Waals surface area contributed by atoms with Crippen LogP contribution in [0.3, 0.4) is 0 Å². The maximum absolute atomic E-state index is 11.8. The SMILES string of the molecule is O=C(CC1CCSCC1)C(F)F. The van der Waals surface area contributed by atoms with Crippen molar-refractivity contribution in [3.05, 3.63) is 0 Å². The number of halogens is 2. The van der Waals surface area contributed by atoms with Gasteiger partial charge < -0.3 is 0 Å². The van der Waals surface area contributed by atoms with Crippen molar-refractivity contribution >= 4 is 17.5 Å². The van der Waals surface area contributed by atoms with Gasteiger partial charge in [-0.3, -0.25) is 4.79 Å². The molecule has 0 radical (unpaired) electrons. The Morgan fingerprint density at radius 1 is 1.42 bits per heavy atom. The van der Waals surface area contributed by atoms with Crippen LogP contribution in [0.15, 0.2) is 0 Å². The van der Waals surface area contributed by atoms with Crippen molar-refractivity contribution in [2.24, 2.45) is 5.92 Å². The molecule has 0 spiro atoms.